The Bertz CT molecular complexity index is 1230. The molecule has 12 nitrogen and oxygen atoms in total. The molecule has 0 aromatic carbocycles. The lowest BCUT2D eigenvalue weighted by Crippen LogP contribution is -2.47. The molecule has 2 aliphatic rings. The number of aromatic nitrogens is 6. The lowest BCUT2D eigenvalue weighted by Gasteiger charge is -2.34. The van der Waals surface area contributed by atoms with Gasteiger partial charge in [0.15, 0.2) is 11.6 Å². The van der Waals surface area contributed by atoms with E-state index < -0.39 is 9.71 Å². The maximum Gasteiger partial charge on any atom is 0.219 e. The van der Waals surface area contributed by atoms with Gasteiger partial charge in [-0.1, -0.05) is 0 Å². The molecule has 176 valence electrons. The molecule has 33 heavy (non-hydrogen) atoms. The minimum absolute atomic E-state index is 0.201. The van der Waals surface area contributed by atoms with Gasteiger partial charge in [-0.3, -0.25) is 9.11 Å². The summed E-state index contributed by atoms with van der Waals surface area (Å²) in [6, 6.07) is 2.05. The molecule has 1 atom stereocenters. The Labute approximate surface area is 192 Å². The molecule has 2 aliphatic heterocycles. The van der Waals surface area contributed by atoms with Crippen LogP contribution >= 0.6 is 0 Å². The number of nitrogens with two attached hydrogens (primary N) is 1. The van der Waals surface area contributed by atoms with Gasteiger partial charge < -0.3 is 15.4 Å². The first-order chi connectivity index (χ1) is 15.9. The molecule has 5 heterocycles. The minimum atomic E-state index is -2.16. The van der Waals surface area contributed by atoms with Gasteiger partial charge in [0.2, 0.25) is 5.95 Å². The normalized spacial score (nSPS) is 20.2. The highest BCUT2D eigenvalue weighted by atomic mass is 32.2. The van der Waals surface area contributed by atoms with E-state index >= 15 is 0 Å². The van der Waals surface area contributed by atoms with E-state index in [1.165, 1.54) is 0 Å². The maximum absolute atomic E-state index is 12.2. The molecule has 3 aromatic rings. The summed E-state index contributed by atoms with van der Waals surface area (Å²) in [6.07, 6.45) is 4.93. The number of fused-ring (bicyclic) bond motifs is 1. The van der Waals surface area contributed by atoms with Crippen molar-refractivity contribution in [1.82, 2.24) is 39.0 Å². The van der Waals surface area contributed by atoms with Gasteiger partial charge in [-0.15, -0.1) is 9.73 Å². The lowest BCUT2D eigenvalue weighted by atomic mass is 10.3. The van der Waals surface area contributed by atoms with Crippen LogP contribution in [0.5, 0.6) is 0 Å². The Morgan fingerprint density at radius 3 is 2.45 bits per heavy atom. The zero-order chi connectivity index (χ0) is 23.0. The molecule has 0 spiro atoms. The van der Waals surface area contributed by atoms with E-state index in [0.717, 1.165) is 56.3 Å². The SMILES string of the molecule is C=S(C)(=O)N1CCN(Cc2cc3c(N4CCOCC4)nc(-c4cnc(N)nc4)nn3n2)CC1. The van der Waals surface area contributed by atoms with E-state index in [4.69, 9.17) is 20.6 Å². The van der Waals surface area contributed by atoms with Crippen molar-refractivity contribution >= 4 is 32.9 Å². The zero-order valence-corrected chi connectivity index (χ0v) is 19.4. The first kappa shape index (κ1) is 21.9. The predicted octanol–water partition coefficient (Wildman–Crippen LogP) is -0.621. The monoisotopic (exact) mass is 472 g/mol. The maximum atomic E-state index is 12.2. The third kappa shape index (κ3) is 4.76. The number of morpholine rings is 1. The van der Waals surface area contributed by atoms with Gasteiger partial charge in [-0.2, -0.15) is 5.10 Å². The summed E-state index contributed by atoms with van der Waals surface area (Å²) in [4.78, 5) is 17.5. The van der Waals surface area contributed by atoms with Crippen molar-refractivity contribution in [2.75, 3.05) is 69.4 Å². The summed E-state index contributed by atoms with van der Waals surface area (Å²) < 4.78 is 21.3. The summed E-state index contributed by atoms with van der Waals surface area (Å²) in [5, 5.41) is 9.38. The van der Waals surface area contributed by atoms with Crippen LogP contribution in [0.15, 0.2) is 18.5 Å². The van der Waals surface area contributed by atoms with Crippen molar-refractivity contribution in [2.24, 2.45) is 0 Å². The Balaban J connectivity index is 1.45. The van der Waals surface area contributed by atoms with Crippen LogP contribution in [0, 0.1) is 0 Å². The number of anilines is 2. The van der Waals surface area contributed by atoms with Gasteiger partial charge in [-0.05, 0) is 11.9 Å². The first-order valence-corrected chi connectivity index (χ1v) is 12.9. The standard InChI is InChI=1S/C20H28N10O2S/c1-33(2,31)29-5-3-27(4-6-29)14-16-11-17-19(28-7-9-32-10-8-28)24-18(26-30(17)25-16)15-12-22-20(21)23-13-15/h11-13H,1,3-10,14H2,2H3,(H2,21,22,23). The number of nitrogen functional groups attached to an aromatic ring is 1. The molecule has 0 aliphatic carbocycles. The van der Waals surface area contributed by atoms with E-state index in [2.05, 4.69) is 30.7 Å². The van der Waals surface area contributed by atoms with Crippen LogP contribution in [-0.4, -0.2) is 108 Å². The van der Waals surface area contributed by atoms with Crippen LogP contribution in [0.4, 0.5) is 11.8 Å². The Kier molecular flexibility index (Phi) is 5.86. The fourth-order valence-corrected chi connectivity index (χ4v) is 5.02. The fraction of sp³-hybridized carbons (Fsp3) is 0.500. The molecule has 2 N–H and O–H groups in total. The van der Waals surface area contributed by atoms with Crippen molar-refractivity contribution in [1.29, 1.82) is 0 Å². The topological polar surface area (TPSA) is 131 Å². The number of ether oxygens (including phenoxy) is 1. The molecular formula is C20H28N10O2S. The van der Waals surface area contributed by atoms with E-state index in [1.807, 2.05) is 10.4 Å². The highest BCUT2D eigenvalue weighted by Gasteiger charge is 2.23. The second-order valence-corrected chi connectivity index (χ2v) is 10.8. The summed E-state index contributed by atoms with van der Waals surface area (Å²) in [5.74, 6) is 5.30. The van der Waals surface area contributed by atoms with Crippen molar-refractivity contribution in [3.8, 4) is 11.4 Å². The molecule has 2 fully saturated rings. The van der Waals surface area contributed by atoms with Crippen LogP contribution in [0.25, 0.3) is 16.9 Å². The Morgan fingerprint density at radius 1 is 1.09 bits per heavy atom. The molecule has 2 saturated heterocycles. The van der Waals surface area contributed by atoms with Crippen molar-refractivity contribution in [2.45, 2.75) is 6.54 Å². The van der Waals surface area contributed by atoms with Crippen molar-refractivity contribution < 1.29 is 8.95 Å². The quantitative estimate of drug-likeness (QED) is 0.479. The summed E-state index contributed by atoms with van der Waals surface area (Å²) in [5.41, 5.74) is 8.06. The van der Waals surface area contributed by atoms with Gasteiger partial charge in [0, 0.05) is 74.2 Å². The second-order valence-electron chi connectivity index (χ2n) is 8.36. The van der Waals surface area contributed by atoms with Crippen LogP contribution in [0.3, 0.4) is 0 Å². The van der Waals surface area contributed by atoms with E-state index in [0.29, 0.717) is 31.1 Å². The number of nitrogens with zero attached hydrogens (tertiary/aromatic N) is 9. The van der Waals surface area contributed by atoms with Gasteiger partial charge in [-0.25, -0.2) is 19.3 Å². The first-order valence-electron chi connectivity index (χ1n) is 10.8. The summed E-state index contributed by atoms with van der Waals surface area (Å²) in [6.45, 7) is 6.54. The molecule has 0 amide bonds. The highest BCUT2D eigenvalue weighted by Crippen LogP contribution is 2.25. The van der Waals surface area contributed by atoms with Crippen molar-refractivity contribution in [3.05, 3.63) is 24.2 Å². The van der Waals surface area contributed by atoms with Crippen LogP contribution in [0.1, 0.15) is 5.69 Å². The van der Waals surface area contributed by atoms with Gasteiger partial charge in [0.05, 0.1) is 24.5 Å². The minimum Gasteiger partial charge on any atom is -0.378 e. The van der Waals surface area contributed by atoms with E-state index in [1.54, 1.807) is 23.3 Å². The molecule has 0 bridgehead atoms. The van der Waals surface area contributed by atoms with Gasteiger partial charge in [0.25, 0.3) is 0 Å². The molecule has 3 aromatic heterocycles. The number of hydrogen-bond donors (Lipinski definition) is 1. The summed E-state index contributed by atoms with van der Waals surface area (Å²) >= 11 is 0. The zero-order valence-electron chi connectivity index (χ0n) is 18.6. The third-order valence-electron chi connectivity index (χ3n) is 5.88. The van der Waals surface area contributed by atoms with Gasteiger partial charge in [0.1, 0.15) is 5.52 Å². The number of rotatable bonds is 5. The second kappa shape index (κ2) is 8.82. The molecule has 5 rings (SSSR count). The fourth-order valence-electron chi connectivity index (χ4n) is 4.08. The van der Waals surface area contributed by atoms with Crippen LogP contribution in [-0.2, 0) is 21.0 Å². The van der Waals surface area contributed by atoms with Crippen molar-refractivity contribution in [3.63, 3.8) is 0 Å². The van der Waals surface area contributed by atoms with Crippen LogP contribution in [0.2, 0.25) is 0 Å². The summed E-state index contributed by atoms with van der Waals surface area (Å²) in [7, 11) is -2.16. The predicted molar refractivity (Wildman–Crippen MR) is 127 cm³/mol. The number of piperazine rings is 1. The molecule has 0 radical (unpaired) electrons. The number of hydrogen-bond acceptors (Lipinski definition) is 10. The van der Waals surface area contributed by atoms with Gasteiger partial charge >= 0.3 is 0 Å². The lowest BCUT2D eigenvalue weighted by molar-refractivity contribution is 0.122. The molecular weight excluding hydrogens is 444 g/mol. The highest BCUT2D eigenvalue weighted by molar-refractivity contribution is 7.97. The smallest absolute Gasteiger partial charge is 0.219 e. The molecule has 1 unspecified atom stereocenters. The molecule has 0 saturated carbocycles. The average molecular weight is 473 g/mol. The van der Waals surface area contributed by atoms with E-state index in [9.17, 15) is 4.21 Å². The van der Waals surface area contributed by atoms with Crippen LogP contribution < -0.4 is 10.6 Å². The molecule has 13 heteroatoms. The van der Waals surface area contributed by atoms with E-state index in [-0.39, 0.29) is 5.95 Å². The Hall–Kier alpha value is -2.87. The largest absolute Gasteiger partial charge is 0.378 e. The average Bonchev–Trinajstić information content (AvgIpc) is 3.21. The third-order valence-corrected chi connectivity index (χ3v) is 7.33. The Morgan fingerprint density at radius 2 is 1.79 bits per heavy atom.